The van der Waals surface area contributed by atoms with Gasteiger partial charge in [0.15, 0.2) is 5.96 Å². The molecular weight excluding hydrogens is 406 g/mol. The third-order valence-electron chi connectivity index (χ3n) is 5.88. The van der Waals surface area contributed by atoms with Gasteiger partial charge in [0.05, 0.1) is 5.69 Å². The van der Waals surface area contributed by atoms with E-state index in [1.54, 1.807) is 13.1 Å². The smallest absolute Gasteiger partial charge is 0.253 e. The number of aromatic hydroxyl groups is 1. The Morgan fingerprint density at radius 2 is 1.97 bits per heavy atom. The summed E-state index contributed by atoms with van der Waals surface area (Å²) in [6, 6.07) is 15.3. The van der Waals surface area contributed by atoms with Gasteiger partial charge in [-0.3, -0.25) is 9.79 Å². The molecule has 2 aromatic rings. The van der Waals surface area contributed by atoms with Crippen LogP contribution >= 0.6 is 0 Å². The fraction of sp³-hybridized carbons (Fsp3) is 0.417. The molecule has 2 fully saturated rings. The number of guanidine groups is 1. The second kappa shape index (κ2) is 10.4. The van der Waals surface area contributed by atoms with Crippen LogP contribution < -0.4 is 15.5 Å². The standard InChI is InChI=1S/C24H31N5O3/c1-25-24(29-13-11-28(12-14-29)20-8-2-3-9-21(20)30)26-17-18-6-4-7-19(16-18)27-23(31)22-10-5-15-32-22/h2-4,6-9,16,22,30H,5,10-15,17H2,1H3,(H,25,26)(H,27,31). The lowest BCUT2D eigenvalue weighted by molar-refractivity contribution is -0.124. The second-order valence-electron chi connectivity index (χ2n) is 8.05. The van der Waals surface area contributed by atoms with Crippen molar-refractivity contribution in [3.63, 3.8) is 0 Å². The fourth-order valence-corrected chi connectivity index (χ4v) is 4.17. The minimum atomic E-state index is -0.341. The zero-order valence-corrected chi connectivity index (χ0v) is 18.5. The van der Waals surface area contributed by atoms with Crippen LogP contribution in [0.1, 0.15) is 18.4 Å². The van der Waals surface area contributed by atoms with E-state index in [0.29, 0.717) is 18.9 Å². The highest BCUT2D eigenvalue weighted by molar-refractivity contribution is 5.94. The molecule has 3 N–H and O–H groups in total. The molecule has 2 aliphatic rings. The molecule has 8 heteroatoms. The van der Waals surface area contributed by atoms with Gasteiger partial charge in [0, 0.05) is 52.1 Å². The van der Waals surface area contributed by atoms with E-state index in [9.17, 15) is 9.90 Å². The summed E-state index contributed by atoms with van der Waals surface area (Å²) in [6.07, 6.45) is 1.37. The Bertz CT molecular complexity index is 950. The topological polar surface area (TPSA) is 89.4 Å². The highest BCUT2D eigenvalue weighted by Gasteiger charge is 2.24. The molecule has 170 valence electrons. The molecule has 1 amide bonds. The molecule has 0 aliphatic carbocycles. The quantitative estimate of drug-likeness (QED) is 0.492. The number of hydrogen-bond acceptors (Lipinski definition) is 5. The molecule has 0 aromatic heterocycles. The van der Waals surface area contributed by atoms with Gasteiger partial charge in [-0.1, -0.05) is 24.3 Å². The van der Waals surface area contributed by atoms with Crippen molar-refractivity contribution in [2.24, 2.45) is 4.99 Å². The summed E-state index contributed by atoms with van der Waals surface area (Å²) < 4.78 is 5.46. The Morgan fingerprint density at radius 1 is 1.16 bits per heavy atom. The number of aliphatic imine (C=N–C) groups is 1. The molecule has 4 rings (SSSR count). The van der Waals surface area contributed by atoms with E-state index in [-0.39, 0.29) is 12.0 Å². The summed E-state index contributed by atoms with van der Waals surface area (Å²) in [5.41, 5.74) is 2.71. The lowest BCUT2D eigenvalue weighted by Gasteiger charge is -2.37. The Kier molecular flexibility index (Phi) is 7.11. The van der Waals surface area contributed by atoms with Crippen LogP contribution in [0.25, 0.3) is 0 Å². The van der Waals surface area contributed by atoms with Gasteiger partial charge in [0.2, 0.25) is 0 Å². The molecule has 0 spiro atoms. The number of nitrogens with one attached hydrogen (secondary N) is 2. The Balaban J connectivity index is 1.29. The van der Waals surface area contributed by atoms with Crippen molar-refractivity contribution in [3.05, 3.63) is 54.1 Å². The first-order valence-electron chi connectivity index (χ1n) is 11.1. The van der Waals surface area contributed by atoms with Gasteiger partial charge in [0.1, 0.15) is 11.9 Å². The summed E-state index contributed by atoms with van der Waals surface area (Å²) in [7, 11) is 1.79. The molecule has 2 aliphatic heterocycles. The predicted octanol–water partition coefficient (Wildman–Crippen LogP) is 2.41. The van der Waals surface area contributed by atoms with Crippen molar-refractivity contribution in [1.29, 1.82) is 0 Å². The van der Waals surface area contributed by atoms with Gasteiger partial charge in [-0.15, -0.1) is 0 Å². The summed E-state index contributed by atoms with van der Waals surface area (Å²) in [6.45, 7) is 4.50. The molecule has 0 radical (unpaired) electrons. The van der Waals surface area contributed by atoms with Crippen LogP contribution in [-0.4, -0.2) is 67.8 Å². The maximum absolute atomic E-state index is 12.3. The third kappa shape index (κ3) is 5.31. The number of amides is 1. The number of carbonyl (C=O) groups is 1. The first kappa shape index (κ1) is 22.0. The van der Waals surface area contributed by atoms with E-state index in [4.69, 9.17) is 4.74 Å². The molecule has 2 heterocycles. The van der Waals surface area contributed by atoms with Crippen LogP contribution in [-0.2, 0) is 16.1 Å². The van der Waals surface area contributed by atoms with Crippen molar-refractivity contribution in [2.75, 3.05) is 50.1 Å². The van der Waals surface area contributed by atoms with E-state index in [1.165, 1.54) is 0 Å². The molecule has 8 nitrogen and oxygen atoms in total. The highest BCUT2D eigenvalue weighted by Crippen LogP contribution is 2.27. The van der Waals surface area contributed by atoms with E-state index in [1.807, 2.05) is 42.5 Å². The first-order valence-corrected chi connectivity index (χ1v) is 11.1. The van der Waals surface area contributed by atoms with Gasteiger partial charge in [-0.25, -0.2) is 0 Å². The highest BCUT2D eigenvalue weighted by atomic mass is 16.5. The van der Waals surface area contributed by atoms with Gasteiger partial charge in [0.25, 0.3) is 5.91 Å². The Hall–Kier alpha value is -3.26. The number of phenolic OH excluding ortho intramolecular Hbond substituents is 1. The number of carbonyl (C=O) groups excluding carboxylic acids is 1. The zero-order valence-electron chi connectivity index (χ0n) is 18.5. The molecule has 2 aromatic carbocycles. The van der Waals surface area contributed by atoms with Crippen LogP contribution in [0.5, 0.6) is 5.75 Å². The fourth-order valence-electron chi connectivity index (χ4n) is 4.17. The molecule has 2 saturated heterocycles. The van der Waals surface area contributed by atoms with Crippen LogP contribution in [0.15, 0.2) is 53.5 Å². The molecular formula is C24H31N5O3. The number of benzene rings is 2. The number of anilines is 2. The van der Waals surface area contributed by atoms with Crippen molar-refractivity contribution in [3.8, 4) is 5.75 Å². The number of nitrogens with zero attached hydrogens (tertiary/aromatic N) is 3. The number of ether oxygens (including phenoxy) is 1. The maximum atomic E-state index is 12.3. The van der Waals surface area contributed by atoms with Crippen LogP contribution in [0.3, 0.4) is 0 Å². The van der Waals surface area contributed by atoms with E-state index >= 15 is 0 Å². The van der Waals surface area contributed by atoms with Gasteiger partial charge in [-0.05, 0) is 42.7 Å². The van der Waals surface area contributed by atoms with Gasteiger partial charge < -0.3 is 30.3 Å². The predicted molar refractivity (Wildman–Crippen MR) is 126 cm³/mol. The second-order valence-corrected chi connectivity index (χ2v) is 8.05. The SMILES string of the molecule is CN=C(NCc1cccc(NC(=O)C2CCCO2)c1)N1CCN(c2ccccc2O)CC1. The Morgan fingerprint density at radius 3 is 2.69 bits per heavy atom. The third-order valence-corrected chi connectivity index (χ3v) is 5.88. The summed E-state index contributed by atoms with van der Waals surface area (Å²) in [5, 5.41) is 16.5. The van der Waals surface area contributed by atoms with Crippen molar-refractivity contribution in [2.45, 2.75) is 25.5 Å². The van der Waals surface area contributed by atoms with E-state index in [2.05, 4.69) is 25.4 Å². The molecule has 32 heavy (non-hydrogen) atoms. The van der Waals surface area contributed by atoms with Crippen molar-refractivity contribution >= 4 is 23.2 Å². The van der Waals surface area contributed by atoms with Gasteiger partial charge >= 0.3 is 0 Å². The van der Waals surface area contributed by atoms with Crippen molar-refractivity contribution < 1.29 is 14.6 Å². The molecule has 0 saturated carbocycles. The van der Waals surface area contributed by atoms with Crippen LogP contribution in [0.4, 0.5) is 11.4 Å². The average Bonchev–Trinajstić information content (AvgIpc) is 3.36. The monoisotopic (exact) mass is 437 g/mol. The lowest BCUT2D eigenvalue weighted by Crippen LogP contribution is -2.52. The van der Waals surface area contributed by atoms with Crippen LogP contribution in [0, 0.1) is 0 Å². The molecule has 0 bridgehead atoms. The molecule has 1 unspecified atom stereocenters. The first-order chi connectivity index (χ1) is 15.6. The Labute approximate surface area is 188 Å². The minimum Gasteiger partial charge on any atom is -0.506 e. The lowest BCUT2D eigenvalue weighted by atomic mass is 10.2. The maximum Gasteiger partial charge on any atom is 0.253 e. The number of para-hydroxylation sites is 2. The normalized spacial score (nSPS) is 19.2. The summed E-state index contributed by atoms with van der Waals surface area (Å²) in [4.78, 5) is 21.2. The van der Waals surface area contributed by atoms with Crippen molar-refractivity contribution in [1.82, 2.24) is 10.2 Å². The van der Waals surface area contributed by atoms with Gasteiger partial charge in [-0.2, -0.15) is 0 Å². The number of hydrogen-bond donors (Lipinski definition) is 3. The van der Waals surface area contributed by atoms with Crippen LogP contribution in [0.2, 0.25) is 0 Å². The number of phenols is 1. The number of rotatable bonds is 5. The van der Waals surface area contributed by atoms with E-state index in [0.717, 1.165) is 61.9 Å². The summed E-state index contributed by atoms with van der Waals surface area (Å²) in [5.74, 6) is 1.08. The molecule has 1 atom stereocenters. The zero-order chi connectivity index (χ0) is 22.3. The largest absolute Gasteiger partial charge is 0.506 e. The summed E-state index contributed by atoms with van der Waals surface area (Å²) >= 11 is 0. The minimum absolute atomic E-state index is 0.0780. The average molecular weight is 438 g/mol. The number of piperazine rings is 1. The van der Waals surface area contributed by atoms with E-state index < -0.39 is 0 Å².